The summed E-state index contributed by atoms with van der Waals surface area (Å²) in [6.45, 7) is 4.33. The Bertz CT molecular complexity index is 1030. The second kappa shape index (κ2) is 14.9. The predicted octanol–water partition coefficient (Wildman–Crippen LogP) is -0.593. The Morgan fingerprint density at radius 2 is 1.77 bits per heavy atom. The Morgan fingerprint density at radius 3 is 2.36 bits per heavy atom. The highest BCUT2D eigenvalue weighted by atomic mass is 16.4. The number of hydrogen-bond acceptors (Lipinski definition) is 7. The van der Waals surface area contributed by atoms with Crippen LogP contribution in [0.1, 0.15) is 51.5 Å². The zero-order valence-corrected chi connectivity index (χ0v) is 22.5. The average Bonchev–Trinajstić information content (AvgIpc) is 3.35. The largest absolute Gasteiger partial charge is 0.508 e. The van der Waals surface area contributed by atoms with E-state index in [1.165, 1.54) is 17.0 Å². The number of carbonyl (C=O) groups is 4. The minimum atomic E-state index is -1.21. The number of hydrogen-bond donors (Lipinski definition) is 7. The second-order valence-corrected chi connectivity index (χ2v) is 10.2. The van der Waals surface area contributed by atoms with Crippen LogP contribution in [-0.4, -0.2) is 82.0 Å². The number of aliphatic imine (C=N–C) groups is 1. The fraction of sp³-hybridized carbons (Fsp3) is 0.577. The Hall–Kier alpha value is -3.87. The summed E-state index contributed by atoms with van der Waals surface area (Å²) >= 11 is 0. The Morgan fingerprint density at radius 1 is 1.10 bits per heavy atom. The highest BCUT2D eigenvalue weighted by molar-refractivity contribution is 5.94. The third-order valence-electron chi connectivity index (χ3n) is 6.45. The average molecular weight is 548 g/mol. The molecule has 0 radical (unpaired) electrons. The van der Waals surface area contributed by atoms with Crippen molar-refractivity contribution < 1.29 is 29.4 Å². The molecule has 4 atom stereocenters. The number of amides is 3. The van der Waals surface area contributed by atoms with Gasteiger partial charge in [-0.15, -0.1) is 0 Å². The van der Waals surface area contributed by atoms with Gasteiger partial charge in [0.1, 0.15) is 23.9 Å². The highest BCUT2D eigenvalue weighted by Crippen LogP contribution is 2.20. The molecule has 3 amide bonds. The zero-order valence-electron chi connectivity index (χ0n) is 22.5. The van der Waals surface area contributed by atoms with Gasteiger partial charge in [0, 0.05) is 13.1 Å². The SMILES string of the molecule is CC(C)CC(NC(=O)C1CCCN1C(=O)C(N)Cc1ccc(O)cc1)C(=O)NC(CCCN=C(N)N)C(=O)O. The third-order valence-corrected chi connectivity index (χ3v) is 6.45. The summed E-state index contributed by atoms with van der Waals surface area (Å²) in [4.78, 5) is 56.4. The molecule has 1 aromatic carbocycles. The summed E-state index contributed by atoms with van der Waals surface area (Å²) in [7, 11) is 0. The summed E-state index contributed by atoms with van der Waals surface area (Å²) < 4.78 is 0. The second-order valence-electron chi connectivity index (χ2n) is 10.2. The number of aliphatic carboxylic acids is 1. The third kappa shape index (κ3) is 10.1. The summed E-state index contributed by atoms with van der Waals surface area (Å²) in [6.07, 6.45) is 1.97. The van der Waals surface area contributed by atoms with Crippen LogP contribution in [0.15, 0.2) is 29.3 Å². The van der Waals surface area contributed by atoms with Gasteiger partial charge in [-0.1, -0.05) is 26.0 Å². The van der Waals surface area contributed by atoms with Crippen molar-refractivity contribution in [1.82, 2.24) is 15.5 Å². The van der Waals surface area contributed by atoms with Gasteiger partial charge in [0.2, 0.25) is 17.7 Å². The van der Waals surface area contributed by atoms with Gasteiger partial charge in [0.25, 0.3) is 0 Å². The fourth-order valence-corrected chi connectivity index (χ4v) is 4.49. The van der Waals surface area contributed by atoms with E-state index in [1.807, 2.05) is 13.8 Å². The van der Waals surface area contributed by atoms with Crippen molar-refractivity contribution in [2.75, 3.05) is 13.1 Å². The number of carbonyl (C=O) groups excluding carboxylic acids is 3. The lowest BCUT2D eigenvalue weighted by atomic mass is 10.0. The summed E-state index contributed by atoms with van der Waals surface area (Å²) in [5, 5.41) is 24.3. The van der Waals surface area contributed by atoms with E-state index in [4.69, 9.17) is 17.2 Å². The molecule has 0 aromatic heterocycles. The first-order valence-electron chi connectivity index (χ1n) is 13.1. The number of guanidine groups is 1. The van der Waals surface area contributed by atoms with Gasteiger partial charge >= 0.3 is 5.97 Å². The molecule has 1 aliphatic heterocycles. The molecule has 4 unspecified atom stereocenters. The topological polar surface area (TPSA) is 226 Å². The van der Waals surface area contributed by atoms with Gasteiger partial charge in [0.15, 0.2) is 5.96 Å². The molecule has 216 valence electrons. The number of carboxylic acid groups (broad SMARTS) is 1. The van der Waals surface area contributed by atoms with E-state index < -0.39 is 42.0 Å². The number of nitrogens with two attached hydrogens (primary N) is 3. The Labute approximate surface area is 228 Å². The van der Waals surface area contributed by atoms with E-state index in [0.29, 0.717) is 25.8 Å². The zero-order chi connectivity index (χ0) is 29.1. The number of nitrogens with one attached hydrogen (secondary N) is 2. The molecular formula is C26H41N7O6. The highest BCUT2D eigenvalue weighted by Gasteiger charge is 2.38. The van der Waals surface area contributed by atoms with E-state index in [9.17, 15) is 29.4 Å². The maximum atomic E-state index is 13.3. The smallest absolute Gasteiger partial charge is 0.326 e. The summed E-state index contributed by atoms with van der Waals surface area (Å²) in [6, 6.07) is 2.54. The van der Waals surface area contributed by atoms with Crippen LogP contribution >= 0.6 is 0 Å². The Balaban J connectivity index is 2.05. The van der Waals surface area contributed by atoms with Gasteiger partial charge in [-0.25, -0.2) is 4.79 Å². The maximum Gasteiger partial charge on any atom is 0.326 e. The number of phenols is 1. The number of aromatic hydroxyl groups is 1. The van der Waals surface area contributed by atoms with E-state index in [-0.39, 0.29) is 49.3 Å². The van der Waals surface area contributed by atoms with Crippen molar-refractivity contribution in [3.05, 3.63) is 29.8 Å². The van der Waals surface area contributed by atoms with E-state index in [2.05, 4.69) is 15.6 Å². The quantitative estimate of drug-likeness (QED) is 0.0895. The normalized spacial score (nSPS) is 17.2. The van der Waals surface area contributed by atoms with Crippen LogP contribution in [0.4, 0.5) is 0 Å². The van der Waals surface area contributed by atoms with Crippen molar-refractivity contribution >= 4 is 29.7 Å². The van der Waals surface area contributed by atoms with Crippen LogP contribution in [0.25, 0.3) is 0 Å². The van der Waals surface area contributed by atoms with E-state index in [0.717, 1.165) is 5.56 Å². The number of likely N-dealkylation sites (tertiary alicyclic amines) is 1. The predicted molar refractivity (Wildman–Crippen MR) is 145 cm³/mol. The molecule has 1 fully saturated rings. The van der Waals surface area contributed by atoms with Crippen LogP contribution in [0, 0.1) is 5.92 Å². The molecule has 1 aromatic rings. The lowest BCUT2D eigenvalue weighted by Gasteiger charge is -2.29. The van der Waals surface area contributed by atoms with Crippen molar-refractivity contribution in [2.24, 2.45) is 28.1 Å². The van der Waals surface area contributed by atoms with Crippen molar-refractivity contribution in [2.45, 2.75) is 76.5 Å². The molecule has 13 heteroatoms. The van der Waals surface area contributed by atoms with Crippen molar-refractivity contribution in [1.29, 1.82) is 0 Å². The number of phenolic OH excluding ortho intramolecular Hbond substituents is 1. The number of nitrogens with zero attached hydrogens (tertiary/aromatic N) is 2. The molecule has 1 heterocycles. The molecular weight excluding hydrogens is 506 g/mol. The van der Waals surface area contributed by atoms with Crippen LogP contribution in [0.5, 0.6) is 5.75 Å². The molecule has 39 heavy (non-hydrogen) atoms. The van der Waals surface area contributed by atoms with Gasteiger partial charge in [-0.05, 0) is 62.1 Å². The van der Waals surface area contributed by atoms with Crippen LogP contribution in [-0.2, 0) is 25.6 Å². The molecule has 1 aliphatic rings. The number of benzene rings is 1. The van der Waals surface area contributed by atoms with Crippen LogP contribution in [0.3, 0.4) is 0 Å². The molecule has 0 aliphatic carbocycles. The maximum absolute atomic E-state index is 13.3. The minimum absolute atomic E-state index is 0.0197. The monoisotopic (exact) mass is 547 g/mol. The molecule has 13 nitrogen and oxygen atoms in total. The molecule has 0 bridgehead atoms. The number of rotatable bonds is 14. The first-order chi connectivity index (χ1) is 18.4. The first kappa shape index (κ1) is 31.3. The molecule has 0 spiro atoms. The van der Waals surface area contributed by atoms with Gasteiger partial charge < -0.3 is 42.9 Å². The van der Waals surface area contributed by atoms with Crippen molar-refractivity contribution in [3.63, 3.8) is 0 Å². The molecule has 10 N–H and O–H groups in total. The minimum Gasteiger partial charge on any atom is -0.508 e. The molecule has 0 saturated carbocycles. The molecule has 1 saturated heterocycles. The van der Waals surface area contributed by atoms with E-state index in [1.54, 1.807) is 12.1 Å². The van der Waals surface area contributed by atoms with Gasteiger partial charge in [0.05, 0.1) is 6.04 Å². The van der Waals surface area contributed by atoms with Gasteiger partial charge in [-0.2, -0.15) is 0 Å². The summed E-state index contributed by atoms with van der Waals surface area (Å²) in [5.74, 6) is -2.67. The summed E-state index contributed by atoms with van der Waals surface area (Å²) in [5.41, 5.74) is 17.5. The lowest BCUT2D eigenvalue weighted by molar-refractivity contribution is -0.143. The Kier molecular flexibility index (Phi) is 12.0. The molecule has 2 rings (SSSR count). The van der Waals surface area contributed by atoms with Gasteiger partial charge in [-0.3, -0.25) is 19.4 Å². The van der Waals surface area contributed by atoms with Crippen LogP contribution < -0.4 is 27.8 Å². The standard InChI is InChI=1S/C26H41N7O6/c1-15(2)13-20(22(35)31-19(25(38)39)5-3-11-30-26(28)29)32-23(36)21-6-4-12-33(21)24(37)18(27)14-16-7-9-17(34)10-8-16/h7-10,15,18-21,34H,3-6,11-14,27H2,1-2H3,(H,31,35)(H,32,36)(H,38,39)(H4,28,29,30). The first-order valence-corrected chi connectivity index (χ1v) is 13.1. The lowest BCUT2D eigenvalue weighted by Crippen LogP contribution is -2.57. The van der Waals surface area contributed by atoms with Crippen LogP contribution in [0.2, 0.25) is 0 Å². The van der Waals surface area contributed by atoms with E-state index >= 15 is 0 Å². The number of carboxylic acids is 1. The van der Waals surface area contributed by atoms with Crippen molar-refractivity contribution in [3.8, 4) is 5.75 Å². The fourth-order valence-electron chi connectivity index (χ4n) is 4.49.